The zero-order valence-electron chi connectivity index (χ0n) is 19.1. The number of aliphatic imine (C=N–C) groups is 1. The van der Waals surface area contributed by atoms with Crippen LogP contribution in [0.2, 0.25) is 0 Å². The van der Waals surface area contributed by atoms with Crippen LogP contribution in [0.25, 0.3) is 6.08 Å². The predicted molar refractivity (Wildman–Crippen MR) is 127 cm³/mol. The summed E-state index contributed by atoms with van der Waals surface area (Å²) < 4.78 is 34.9. The molecule has 3 aromatic carbocycles. The Bertz CT molecular complexity index is 1300. The molecule has 0 N–H and O–H groups in total. The van der Waals surface area contributed by atoms with E-state index in [2.05, 4.69) is 4.99 Å². The number of hydrogen-bond acceptors (Lipinski definition) is 7. The van der Waals surface area contributed by atoms with Gasteiger partial charge in [0.05, 0.1) is 18.8 Å². The van der Waals surface area contributed by atoms with E-state index < -0.39 is 17.8 Å². The van der Waals surface area contributed by atoms with Crippen LogP contribution in [0.3, 0.4) is 0 Å². The zero-order valence-corrected chi connectivity index (χ0v) is 19.1. The van der Waals surface area contributed by atoms with E-state index in [0.717, 1.165) is 0 Å². The van der Waals surface area contributed by atoms with Gasteiger partial charge in [0.15, 0.2) is 17.2 Å². The number of carbonyl (C=O) groups is 2. The summed E-state index contributed by atoms with van der Waals surface area (Å²) in [6.07, 6.45) is 1.55. The molecular weight excluding hydrogens is 453 g/mol. The highest BCUT2D eigenvalue weighted by Gasteiger charge is 2.24. The maximum Gasteiger partial charge on any atom is 0.363 e. The molecule has 0 fully saturated rings. The summed E-state index contributed by atoms with van der Waals surface area (Å²) in [6.45, 7) is 4.56. The highest BCUT2D eigenvalue weighted by atomic mass is 19.1. The Balaban J connectivity index is 1.55. The van der Waals surface area contributed by atoms with Crippen molar-refractivity contribution in [2.75, 3.05) is 13.2 Å². The number of hydrogen-bond donors (Lipinski definition) is 0. The Morgan fingerprint density at radius 3 is 2.34 bits per heavy atom. The molecule has 0 unspecified atom stereocenters. The van der Waals surface area contributed by atoms with Crippen molar-refractivity contribution in [2.24, 2.45) is 4.99 Å². The third-order valence-electron chi connectivity index (χ3n) is 4.89. The second-order valence-corrected chi connectivity index (χ2v) is 7.33. The monoisotopic (exact) mass is 475 g/mol. The maximum atomic E-state index is 13.1. The van der Waals surface area contributed by atoms with Gasteiger partial charge in [-0.15, -0.1) is 0 Å². The fourth-order valence-electron chi connectivity index (χ4n) is 3.26. The van der Waals surface area contributed by atoms with Crippen molar-refractivity contribution in [3.8, 4) is 17.2 Å². The fraction of sp³-hybridized carbons (Fsp3) is 0.148. The highest BCUT2D eigenvalue weighted by molar-refractivity contribution is 6.12. The molecule has 1 aliphatic heterocycles. The van der Waals surface area contributed by atoms with Crippen LogP contribution in [0.1, 0.15) is 35.3 Å². The van der Waals surface area contributed by atoms with Gasteiger partial charge in [-0.2, -0.15) is 0 Å². The van der Waals surface area contributed by atoms with Gasteiger partial charge >= 0.3 is 11.9 Å². The van der Waals surface area contributed by atoms with Gasteiger partial charge < -0.3 is 18.9 Å². The van der Waals surface area contributed by atoms with Crippen LogP contribution in [0.5, 0.6) is 17.2 Å². The van der Waals surface area contributed by atoms with E-state index in [4.69, 9.17) is 18.9 Å². The summed E-state index contributed by atoms with van der Waals surface area (Å²) >= 11 is 0. The van der Waals surface area contributed by atoms with Gasteiger partial charge in [-0.3, -0.25) is 0 Å². The van der Waals surface area contributed by atoms with Crippen molar-refractivity contribution in [1.82, 2.24) is 0 Å². The molecule has 178 valence electrons. The SMILES string of the molecule is CCOc1ccc(C2=N/C(=C\c3ccc(OC(=O)c4ccc(F)cc4)c(OCC)c3)C(=O)O2)cc1. The van der Waals surface area contributed by atoms with Gasteiger partial charge in [0.1, 0.15) is 11.6 Å². The number of halogens is 1. The molecule has 3 aromatic rings. The van der Waals surface area contributed by atoms with Crippen LogP contribution >= 0.6 is 0 Å². The summed E-state index contributed by atoms with van der Waals surface area (Å²) in [5, 5.41) is 0. The third-order valence-corrected chi connectivity index (χ3v) is 4.89. The average Bonchev–Trinajstić information content (AvgIpc) is 3.22. The topological polar surface area (TPSA) is 83.4 Å². The minimum Gasteiger partial charge on any atom is -0.494 e. The van der Waals surface area contributed by atoms with Crippen LogP contribution in [0.4, 0.5) is 4.39 Å². The molecular formula is C27H22FNO6. The van der Waals surface area contributed by atoms with Crippen molar-refractivity contribution in [2.45, 2.75) is 13.8 Å². The molecule has 0 aliphatic carbocycles. The van der Waals surface area contributed by atoms with Crippen molar-refractivity contribution >= 4 is 23.9 Å². The maximum absolute atomic E-state index is 13.1. The van der Waals surface area contributed by atoms with Crippen molar-refractivity contribution in [1.29, 1.82) is 0 Å². The fourth-order valence-corrected chi connectivity index (χ4v) is 3.26. The first-order valence-corrected chi connectivity index (χ1v) is 11.0. The molecule has 0 saturated carbocycles. The molecule has 1 aliphatic rings. The highest BCUT2D eigenvalue weighted by Crippen LogP contribution is 2.31. The van der Waals surface area contributed by atoms with E-state index in [1.54, 1.807) is 55.5 Å². The second kappa shape index (κ2) is 10.6. The molecule has 0 bridgehead atoms. The van der Waals surface area contributed by atoms with E-state index in [1.807, 2.05) is 6.92 Å². The van der Waals surface area contributed by atoms with Gasteiger partial charge in [-0.05, 0) is 86.2 Å². The van der Waals surface area contributed by atoms with Gasteiger partial charge in [0, 0.05) is 5.56 Å². The van der Waals surface area contributed by atoms with Crippen molar-refractivity contribution < 1.29 is 32.9 Å². The minimum absolute atomic E-state index is 0.118. The Morgan fingerprint density at radius 2 is 1.66 bits per heavy atom. The Kier molecular flexibility index (Phi) is 7.21. The number of nitrogens with zero attached hydrogens (tertiary/aromatic N) is 1. The van der Waals surface area contributed by atoms with Crippen molar-refractivity contribution in [3.05, 3.63) is 94.9 Å². The smallest absolute Gasteiger partial charge is 0.363 e. The summed E-state index contributed by atoms with van der Waals surface area (Å²) in [4.78, 5) is 29.1. The summed E-state index contributed by atoms with van der Waals surface area (Å²) in [5.41, 5.74) is 1.55. The number of esters is 2. The van der Waals surface area contributed by atoms with Crippen LogP contribution in [0, 0.1) is 5.82 Å². The van der Waals surface area contributed by atoms with Gasteiger partial charge in [-0.1, -0.05) is 6.07 Å². The first-order valence-electron chi connectivity index (χ1n) is 11.0. The molecule has 35 heavy (non-hydrogen) atoms. The van der Waals surface area contributed by atoms with Gasteiger partial charge in [-0.25, -0.2) is 19.0 Å². The van der Waals surface area contributed by atoms with E-state index in [9.17, 15) is 14.0 Å². The molecule has 0 atom stereocenters. The molecule has 8 heteroatoms. The number of ether oxygens (including phenoxy) is 4. The lowest BCUT2D eigenvalue weighted by Gasteiger charge is -2.11. The number of carbonyl (C=O) groups excluding carboxylic acids is 2. The van der Waals surface area contributed by atoms with Crippen LogP contribution in [0.15, 0.2) is 77.4 Å². The Morgan fingerprint density at radius 1 is 0.943 bits per heavy atom. The Hall–Kier alpha value is -4.46. The minimum atomic E-state index is -0.652. The van der Waals surface area contributed by atoms with Gasteiger partial charge in [0.25, 0.3) is 0 Å². The number of benzene rings is 3. The summed E-state index contributed by atoms with van der Waals surface area (Å²) in [7, 11) is 0. The normalized spacial score (nSPS) is 13.9. The summed E-state index contributed by atoms with van der Waals surface area (Å²) in [5.74, 6) is -0.289. The molecule has 0 saturated heterocycles. The third kappa shape index (κ3) is 5.73. The molecule has 0 spiro atoms. The summed E-state index contributed by atoms with van der Waals surface area (Å²) in [6, 6.07) is 16.9. The molecule has 0 aromatic heterocycles. The van der Waals surface area contributed by atoms with Crippen LogP contribution in [-0.4, -0.2) is 31.1 Å². The first-order chi connectivity index (χ1) is 17.0. The second-order valence-electron chi connectivity index (χ2n) is 7.33. The number of cyclic esters (lactones) is 1. The van der Waals surface area contributed by atoms with E-state index in [-0.39, 0.29) is 22.9 Å². The lowest BCUT2D eigenvalue weighted by atomic mass is 10.1. The molecule has 0 radical (unpaired) electrons. The van der Waals surface area contributed by atoms with Gasteiger partial charge in [0.2, 0.25) is 5.90 Å². The molecule has 7 nitrogen and oxygen atoms in total. The standard InChI is InChI=1S/C27H22FNO6/c1-3-32-21-12-8-18(9-13-21)25-29-22(27(31)35-25)15-17-5-14-23(24(16-17)33-4-2)34-26(30)19-6-10-20(28)11-7-19/h5-16H,3-4H2,1-2H3/b22-15-. The first kappa shape index (κ1) is 23.7. The van der Waals surface area contributed by atoms with Crippen LogP contribution in [-0.2, 0) is 9.53 Å². The largest absolute Gasteiger partial charge is 0.494 e. The van der Waals surface area contributed by atoms with E-state index >= 15 is 0 Å². The predicted octanol–water partition coefficient (Wildman–Crippen LogP) is 5.19. The van der Waals surface area contributed by atoms with E-state index in [1.165, 1.54) is 24.3 Å². The lowest BCUT2D eigenvalue weighted by molar-refractivity contribution is -0.129. The molecule has 4 rings (SSSR count). The molecule has 0 amide bonds. The van der Waals surface area contributed by atoms with Crippen molar-refractivity contribution in [3.63, 3.8) is 0 Å². The quantitative estimate of drug-likeness (QED) is 0.253. The lowest BCUT2D eigenvalue weighted by Crippen LogP contribution is -2.09. The number of rotatable bonds is 8. The molecule has 1 heterocycles. The Labute approximate surface area is 201 Å². The zero-order chi connectivity index (χ0) is 24.8. The average molecular weight is 475 g/mol. The van der Waals surface area contributed by atoms with E-state index in [0.29, 0.717) is 35.8 Å². The van der Waals surface area contributed by atoms with Crippen LogP contribution < -0.4 is 14.2 Å².